The van der Waals surface area contributed by atoms with Crippen molar-refractivity contribution in [3.8, 4) is 0 Å². The minimum atomic E-state index is -4.22. The second-order valence-electron chi connectivity index (χ2n) is 2.86. The largest absolute Gasteiger partial charge is 1.00 e. The van der Waals surface area contributed by atoms with Crippen molar-refractivity contribution >= 4 is 16.0 Å². The zero-order chi connectivity index (χ0) is 10.5. The third-order valence-corrected chi connectivity index (χ3v) is 2.42. The molecule has 0 radical (unpaired) electrons. The van der Waals surface area contributed by atoms with E-state index >= 15 is 0 Å². The monoisotopic (exact) mass is 231 g/mol. The van der Waals surface area contributed by atoms with Crippen molar-refractivity contribution in [1.82, 2.24) is 5.32 Å². The molecular formula is C7H14NNaO4S. The van der Waals surface area contributed by atoms with E-state index in [4.69, 9.17) is 0 Å². The first-order chi connectivity index (χ1) is 5.87. The fourth-order valence-electron chi connectivity index (χ4n) is 0.659. The molecule has 0 fully saturated rings. The van der Waals surface area contributed by atoms with Crippen LogP contribution in [0.4, 0.5) is 0 Å². The topological polar surface area (TPSA) is 86.3 Å². The van der Waals surface area contributed by atoms with Gasteiger partial charge in [-0.15, -0.1) is 0 Å². The minimum Gasteiger partial charge on any atom is -0.748 e. The molecule has 0 rings (SSSR count). The van der Waals surface area contributed by atoms with E-state index in [2.05, 4.69) is 5.32 Å². The van der Waals surface area contributed by atoms with E-state index in [-0.39, 0.29) is 47.9 Å². The SMILES string of the molecule is CCC(C)C(=O)NCCS(=O)(=O)[O-].[Na+]. The molecule has 0 aromatic carbocycles. The molecule has 78 valence electrons. The zero-order valence-corrected chi connectivity index (χ0v) is 11.6. The van der Waals surface area contributed by atoms with E-state index in [9.17, 15) is 17.8 Å². The standard InChI is InChI=1S/C7H15NO4S.Na/c1-3-6(2)7(9)8-4-5-13(10,11)12;/h6H,3-5H2,1-2H3,(H,8,9)(H,10,11,12);/q;+1/p-1. The van der Waals surface area contributed by atoms with Gasteiger partial charge in [0.15, 0.2) is 0 Å². The second-order valence-corrected chi connectivity index (χ2v) is 4.39. The van der Waals surface area contributed by atoms with Gasteiger partial charge in [0, 0.05) is 12.5 Å². The Kier molecular flexibility index (Phi) is 9.17. The Labute approximate surface area is 107 Å². The molecule has 14 heavy (non-hydrogen) atoms. The Bertz CT molecular complexity index is 265. The van der Waals surface area contributed by atoms with Crippen LogP contribution in [0, 0.1) is 5.92 Å². The Morgan fingerprint density at radius 3 is 2.36 bits per heavy atom. The second kappa shape index (κ2) is 7.64. The van der Waals surface area contributed by atoms with Crippen LogP contribution in [0.1, 0.15) is 20.3 Å². The van der Waals surface area contributed by atoms with Gasteiger partial charge in [-0.05, 0) is 6.42 Å². The van der Waals surface area contributed by atoms with Crippen LogP contribution in [-0.2, 0) is 14.9 Å². The van der Waals surface area contributed by atoms with Gasteiger partial charge in [0.05, 0.1) is 15.9 Å². The molecule has 0 aromatic heterocycles. The summed E-state index contributed by atoms with van der Waals surface area (Å²) in [5.74, 6) is -0.907. The maximum Gasteiger partial charge on any atom is 1.00 e. The molecule has 0 saturated heterocycles. The van der Waals surface area contributed by atoms with Gasteiger partial charge in [-0.2, -0.15) is 0 Å². The van der Waals surface area contributed by atoms with Crippen LogP contribution < -0.4 is 34.9 Å². The Morgan fingerprint density at radius 1 is 1.50 bits per heavy atom. The molecule has 1 amide bonds. The summed E-state index contributed by atoms with van der Waals surface area (Å²) < 4.78 is 30.4. The van der Waals surface area contributed by atoms with Crippen LogP contribution in [0.2, 0.25) is 0 Å². The number of carbonyl (C=O) groups excluding carboxylic acids is 1. The van der Waals surface area contributed by atoms with Crippen LogP contribution in [0.3, 0.4) is 0 Å². The fourth-order valence-corrected chi connectivity index (χ4v) is 1.01. The van der Waals surface area contributed by atoms with Crippen molar-refractivity contribution in [2.24, 2.45) is 5.92 Å². The molecule has 1 N–H and O–H groups in total. The van der Waals surface area contributed by atoms with E-state index in [1.807, 2.05) is 6.92 Å². The predicted molar refractivity (Wildman–Crippen MR) is 47.0 cm³/mol. The van der Waals surface area contributed by atoms with Crippen molar-refractivity contribution in [3.05, 3.63) is 0 Å². The molecule has 0 aliphatic heterocycles. The van der Waals surface area contributed by atoms with Gasteiger partial charge in [0.25, 0.3) is 0 Å². The quantitative estimate of drug-likeness (QED) is 0.396. The molecule has 0 spiro atoms. The van der Waals surface area contributed by atoms with Crippen molar-refractivity contribution in [3.63, 3.8) is 0 Å². The number of rotatable bonds is 5. The number of amides is 1. The predicted octanol–water partition coefficient (Wildman–Crippen LogP) is -3.30. The van der Waals surface area contributed by atoms with Crippen molar-refractivity contribution in [1.29, 1.82) is 0 Å². The Hall–Kier alpha value is 0.380. The van der Waals surface area contributed by atoms with Gasteiger partial charge in [-0.25, -0.2) is 8.42 Å². The van der Waals surface area contributed by atoms with Crippen LogP contribution in [0.5, 0.6) is 0 Å². The van der Waals surface area contributed by atoms with Crippen LogP contribution in [0.15, 0.2) is 0 Å². The molecule has 0 bridgehead atoms. The summed E-state index contributed by atoms with van der Waals surface area (Å²) in [4.78, 5) is 11.1. The summed E-state index contributed by atoms with van der Waals surface area (Å²) >= 11 is 0. The molecule has 1 atom stereocenters. The Morgan fingerprint density at radius 2 is 2.00 bits per heavy atom. The third-order valence-electron chi connectivity index (χ3n) is 1.71. The van der Waals surface area contributed by atoms with Gasteiger partial charge in [-0.1, -0.05) is 13.8 Å². The van der Waals surface area contributed by atoms with Gasteiger partial charge >= 0.3 is 29.6 Å². The summed E-state index contributed by atoms with van der Waals surface area (Å²) in [5, 5.41) is 2.37. The van der Waals surface area contributed by atoms with Crippen LogP contribution in [0.25, 0.3) is 0 Å². The van der Waals surface area contributed by atoms with E-state index in [1.165, 1.54) is 0 Å². The smallest absolute Gasteiger partial charge is 0.748 e. The molecule has 0 saturated carbocycles. The average Bonchev–Trinajstić information content (AvgIpc) is 2.00. The average molecular weight is 231 g/mol. The van der Waals surface area contributed by atoms with E-state index in [0.717, 1.165) is 0 Å². The number of carbonyl (C=O) groups is 1. The first kappa shape index (κ1) is 16.8. The van der Waals surface area contributed by atoms with E-state index in [1.54, 1.807) is 6.92 Å². The number of hydrogen-bond acceptors (Lipinski definition) is 4. The first-order valence-electron chi connectivity index (χ1n) is 4.08. The summed E-state index contributed by atoms with van der Waals surface area (Å²) in [6.45, 7) is 3.49. The van der Waals surface area contributed by atoms with Crippen molar-refractivity contribution in [2.75, 3.05) is 12.3 Å². The van der Waals surface area contributed by atoms with Gasteiger partial charge in [-0.3, -0.25) is 4.79 Å². The molecule has 5 nitrogen and oxygen atoms in total. The zero-order valence-electron chi connectivity index (χ0n) is 8.74. The molecular weight excluding hydrogens is 217 g/mol. The molecule has 7 heteroatoms. The van der Waals surface area contributed by atoms with Gasteiger partial charge in [0.2, 0.25) is 5.91 Å². The number of nitrogens with one attached hydrogen (secondary N) is 1. The van der Waals surface area contributed by atoms with Gasteiger partial charge < -0.3 is 9.87 Å². The maximum absolute atomic E-state index is 11.1. The minimum absolute atomic E-state index is 0. The van der Waals surface area contributed by atoms with E-state index < -0.39 is 15.9 Å². The summed E-state index contributed by atoms with van der Waals surface area (Å²) in [6.07, 6.45) is 0.690. The molecule has 0 aliphatic rings. The summed E-state index contributed by atoms with van der Waals surface area (Å²) in [7, 11) is -4.22. The molecule has 1 unspecified atom stereocenters. The normalized spacial score (nSPS) is 12.8. The summed E-state index contributed by atoms with van der Waals surface area (Å²) in [6, 6.07) is 0. The molecule has 0 aromatic rings. The van der Waals surface area contributed by atoms with Crippen LogP contribution in [-0.4, -0.2) is 31.2 Å². The summed E-state index contributed by atoms with van der Waals surface area (Å²) in [5.41, 5.74) is 0. The molecule has 0 aliphatic carbocycles. The number of hydrogen-bond donors (Lipinski definition) is 1. The maximum atomic E-state index is 11.1. The molecule has 0 heterocycles. The van der Waals surface area contributed by atoms with Gasteiger partial charge in [0.1, 0.15) is 0 Å². The van der Waals surface area contributed by atoms with E-state index in [0.29, 0.717) is 6.42 Å². The van der Waals surface area contributed by atoms with Crippen molar-refractivity contribution in [2.45, 2.75) is 20.3 Å². The fraction of sp³-hybridized carbons (Fsp3) is 0.857. The third kappa shape index (κ3) is 8.96. The van der Waals surface area contributed by atoms with Crippen LogP contribution >= 0.6 is 0 Å². The Balaban J connectivity index is 0. The van der Waals surface area contributed by atoms with Crippen molar-refractivity contribution < 1.29 is 47.3 Å². The first-order valence-corrected chi connectivity index (χ1v) is 5.66.